The van der Waals surface area contributed by atoms with Crippen LogP contribution in [0.3, 0.4) is 0 Å². The van der Waals surface area contributed by atoms with E-state index in [0.717, 1.165) is 12.2 Å². The van der Waals surface area contributed by atoms with Gasteiger partial charge in [-0.15, -0.1) is 0 Å². The normalized spacial score (nSPS) is 9.95. The minimum absolute atomic E-state index is 0.0560. The number of rotatable bonds is 7. The first kappa shape index (κ1) is 14.8. The van der Waals surface area contributed by atoms with Gasteiger partial charge < -0.3 is 14.8 Å². The van der Waals surface area contributed by atoms with E-state index in [1.807, 2.05) is 19.1 Å². The number of pyridine rings is 1. The Morgan fingerprint density at radius 2 is 1.86 bits per heavy atom. The van der Waals surface area contributed by atoms with Crippen molar-refractivity contribution in [3.63, 3.8) is 0 Å². The fraction of sp³-hybridized carbons (Fsp3) is 0.250. The van der Waals surface area contributed by atoms with Crippen LogP contribution in [-0.4, -0.2) is 24.1 Å². The molecule has 1 heterocycles. The van der Waals surface area contributed by atoms with E-state index in [0.29, 0.717) is 18.0 Å². The molecular formula is C16H18N2O3. The minimum atomic E-state index is -0.221. The van der Waals surface area contributed by atoms with Gasteiger partial charge in [-0.3, -0.25) is 9.78 Å². The van der Waals surface area contributed by atoms with Crippen LogP contribution in [0, 0.1) is 0 Å². The Morgan fingerprint density at radius 1 is 1.14 bits per heavy atom. The van der Waals surface area contributed by atoms with Crippen LogP contribution in [0.15, 0.2) is 48.8 Å². The Hall–Kier alpha value is -2.56. The molecule has 0 saturated heterocycles. The summed E-state index contributed by atoms with van der Waals surface area (Å²) in [5.74, 6) is 1.12. The van der Waals surface area contributed by atoms with Crippen LogP contribution in [0.2, 0.25) is 0 Å². The van der Waals surface area contributed by atoms with Crippen molar-refractivity contribution in [1.82, 2.24) is 4.98 Å². The molecule has 0 saturated carbocycles. The third-order valence-corrected chi connectivity index (χ3v) is 2.61. The quantitative estimate of drug-likeness (QED) is 0.850. The van der Waals surface area contributed by atoms with Crippen molar-refractivity contribution in [2.75, 3.05) is 18.5 Å². The van der Waals surface area contributed by atoms with Gasteiger partial charge in [0.15, 0.2) is 6.61 Å². The largest absolute Gasteiger partial charge is 0.493 e. The fourth-order valence-corrected chi connectivity index (χ4v) is 1.65. The third-order valence-electron chi connectivity index (χ3n) is 2.61. The van der Waals surface area contributed by atoms with Crippen molar-refractivity contribution in [3.05, 3.63) is 48.8 Å². The SMILES string of the molecule is CCCOc1cccc(OCC(=O)Nc2ccncc2)c1. The molecule has 0 aliphatic rings. The molecule has 110 valence electrons. The summed E-state index contributed by atoms with van der Waals surface area (Å²) in [5, 5.41) is 2.73. The summed E-state index contributed by atoms with van der Waals surface area (Å²) in [6.07, 6.45) is 4.18. The van der Waals surface area contributed by atoms with Gasteiger partial charge in [0.1, 0.15) is 11.5 Å². The Morgan fingerprint density at radius 3 is 2.57 bits per heavy atom. The molecule has 1 amide bonds. The molecule has 5 nitrogen and oxygen atoms in total. The summed E-state index contributed by atoms with van der Waals surface area (Å²) in [7, 11) is 0. The molecule has 0 aliphatic carbocycles. The van der Waals surface area contributed by atoms with Crippen molar-refractivity contribution in [2.45, 2.75) is 13.3 Å². The van der Waals surface area contributed by atoms with Crippen molar-refractivity contribution >= 4 is 11.6 Å². The van der Waals surface area contributed by atoms with Crippen LogP contribution in [0.25, 0.3) is 0 Å². The van der Waals surface area contributed by atoms with Gasteiger partial charge in [0, 0.05) is 24.1 Å². The van der Waals surface area contributed by atoms with E-state index in [9.17, 15) is 4.79 Å². The van der Waals surface area contributed by atoms with Crippen LogP contribution >= 0.6 is 0 Å². The second-order valence-corrected chi connectivity index (χ2v) is 4.40. The van der Waals surface area contributed by atoms with Crippen LogP contribution in [-0.2, 0) is 4.79 Å². The molecule has 1 aromatic carbocycles. The predicted molar refractivity (Wildman–Crippen MR) is 80.6 cm³/mol. The second kappa shape index (κ2) is 7.89. The lowest BCUT2D eigenvalue weighted by Crippen LogP contribution is -2.20. The number of hydrogen-bond acceptors (Lipinski definition) is 4. The average Bonchev–Trinajstić information content (AvgIpc) is 2.52. The van der Waals surface area contributed by atoms with Crippen molar-refractivity contribution < 1.29 is 14.3 Å². The topological polar surface area (TPSA) is 60.5 Å². The lowest BCUT2D eigenvalue weighted by molar-refractivity contribution is -0.118. The predicted octanol–water partition coefficient (Wildman–Crippen LogP) is 2.89. The smallest absolute Gasteiger partial charge is 0.262 e. The van der Waals surface area contributed by atoms with E-state index in [1.54, 1.807) is 36.7 Å². The Balaban J connectivity index is 1.83. The zero-order chi connectivity index (χ0) is 14.9. The molecule has 0 atom stereocenters. The highest BCUT2D eigenvalue weighted by Gasteiger charge is 2.04. The number of ether oxygens (including phenoxy) is 2. The van der Waals surface area contributed by atoms with E-state index in [-0.39, 0.29) is 12.5 Å². The van der Waals surface area contributed by atoms with Gasteiger partial charge in [-0.2, -0.15) is 0 Å². The number of nitrogens with zero attached hydrogens (tertiary/aromatic N) is 1. The van der Waals surface area contributed by atoms with Crippen LogP contribution < -0.4 is 14.8 Å². The number of carbonyl (C=O) groups excluding carboxylic acids is 1. The van der Waals surface area contributed by atoms with Gasteiger partial charge in [0.05, 0.1) is 6.61 Å². The van der Waals surface area contributed by atoms with Crippen molar-refractivity contribution in [2.24, 2.45) is 0 Å². The molecular weight excluding hydrogens is 268 g/mol. The number of carbonyl (C=O) groups is 1. The molecule has 5 heteroatoms. The summed E-state index contributed by atoms with van der Waals surface area (Å²) in [6, 6.07) is 10.7. The van der Waals surface area contributed by atoms with Crippen molar-refractivity contribution in [1.29, 1.82) is 0 Å². The molecule has 0 radical (unpaired) electrons. The molecule has 0 bridgehead atoms. The van der Waals surface area contributed by atoms with E-state index >= 15 is 0 Å². The van der Waals surface area contributed by atoms with Crippen LogP contribution in [0.1, 0.15) is 13.3 Å². The molecule has 0 fully saturated rings. The molecule has 0 spiro atoms. The zero-order valence-electron chi connectivity index (χ0n) is 11.9. The summed E-state index contributed by atoms with van der Waals surface area (Å²) >= 11 is 0. The van der Waals surface area contributed by atoms with Gasteiger partial charge in [-0.25, -0.2) is 0 Å². The highest BCUT2D eigenvalue weighted by atomic mass is 16.5. The Bertz CT molecular complexity index is 573. The first-order valence-corrected chi connectivity index (χ1v) is 6.83. The van der Waals surface area contributed by atoms with Gasteiger partial charge >= 0.3 is 0 Å². The van der Waals surface area contributed by atoms with E-state index in [1.165, 1.54) is 0 Å². The lowest BCUT2D eigenvalue weighted by Gasteiger charge is -2.09. The number of anilines is 1. The molecule has 1 N–H and O–H groups in total. The lowest BCUT2D eigenvalue weighted by atomic mass is 10.3. The number of aromatic nitrogens is 1. The van der Waals surface area contributed by atoms with E-state index in [4.69, 9.17) is 9.47 Å². The first-order valence-electron chi connectivity index (χ1n) is 6.83. The van der Waals surface area contributed by atoms with Gasteiger partial charge in [-0.1, -0.05) is 13.0 Å². The summed E-state index contributed by atoms with van der Waals surface area (Å²) in [4.78, 5) is 15.6. The highest BCUT2D eigenvalue weighted by Crippen LogP contribution is 2.19. The Labute approximate surface area is 123 Å². The van der Waals surface area contributed by atoms with Gasteiger partial charge in [0.2, 0.25) is 0 Å². The van der Waals surface area contributed by atoms with Crippen LogP contribution in [0.4, 0.5) is 5.69 Å². The molecule has 2 rings (SSSR count). The molecule has 1 aromatic heterocycles. The summed E-state index contributed by atoms with van der Waals surface area (Å²) in [5.41, 5.74) is 0.693. The maximum atomic E-state index is 11.8. The number of benzene rings is 1. The van der Waals surface area contributed by atoms with Gasteiger partial charge in [0.25, 0.3) is 5.91 Å². The number of hydrogen-bond donors (Lipinski definition) is 1. The second-order valence-electron chi connectivity index (χ2n) is 4.40. The molecule has 21 heavy (non-hydrogen) atoms. The summed E-state index contributed by atoms with van der Waals surface area (Å²) < 4.78 is 11.0. The van der Waals surface area contributed by atoms with Crippen molar-refractivity contribution in [3.8, 4) is 11.5 Å². The van der Waals surface area contributed by atoms with E-state index in [2.05, 4.69) is 10.3 Å². The van der Waals surface area contributed by atoms with Crippen LogP contribution in [0.5, 0.6) is 11.5 Å². The minimum Gasteiger partial charge on any atom is -0.493 e. The molecule has 0 aliphatic heterocycles. The average molecular weight is 286 g/mol. The standard InChI is InChI=1S/C16H18N2O3/c1-2-10-20-14-4-3-5-15(11-14)21-12-16(19)18-13-6-8-17-9-7-13/h3-9,11H,2,10,12H2,1H3,(H,17,18,19). The van der Waals surface area contributed by atoms with Gasteiger partial charge in [-0.05, 0) is 30.7 Å². The first-order chi connectivity index (χ1) is 10.3. The van der Waals surface area contributed by atoms with E-state index < -0.39 is 0 Å². The molecule has 2 aromatic rings. The highest BCUT2D eigenvalue weighted by molar-refractivity contribution is 5.91. The number of amides is 1. The Kier molecular flexibility index (Phi) is 5.58. The summed E-state index contributed by atoms with van der Waals surface area (Å²) in [6.45, 7) is 2.65. The maximum Gasteiger partial charge on any atom is 0.262 e. The molecule has 0 unspecified atom stereocenters. The zero-order valence-corrected chi connectivity index (χ0v) is 11.9. The maximum absolute atomic E-state index is 11.8. The number of nitrogens with one attached hydrogen (secondary N) is 1. The monoisotopic (exact) mass is 286 g/mol. The fourth-order valence-electron chi connectivity index (χ4n) is 1.65. The third kappa shape index (κ3) is 5.14.